The quantitative estimate of drug-likeness (QED) is 0.878. The number of thiophene rings is 1. The third-order valence-electron chi connectivity index (χ3n) is 3.54. The summed E-state index contributed by atoms with van der Waals surface area (Å²) in [7, 11) is 0. The second-order valence-electron chi connectivity index (χ2n) is 4.86. The molecule has 102 valence electrons. The lowest BCUT2D eigenvalue weighted by Crippen LogP contribution is -2.20. The highest BCUT2D eigenvalue weighted by molar-refractivity contribution is 7.10. The van der Waals surface area contributed by atoms with Gasteiger partial charge >= 0.3 is 0 Å². The van der Waals surface area contributed by atoms with Gasteiger partial charge < -0.3 is 10.8 Å². The molecule has 0 spiro atoms. The Morgan fingerprint density at radius 2 is 2.11 bits per heavy atom. The lowest BCUT2D eigenvalue weighted by Gasteiger charge is -2.22. The first-order valence-electron chi connectivity index (χ1n) is 6.68. The molecule has 2 nitrogen and oxygen atoms in total. The molecule has 0 amide bonds. The largest absolute Gasteiger partial charge is 0.387 e. The molecule has 19 heavy (non-hydrogen) atoms. The summed E-state index contributed by atoms with van der Waals surface area (Å²) < 4.78 is 0. The number of aliphatic hydroxyl groups is 1. The molecule has 1 aromatic heterocycles. The molecular formula is C16H21NOS. The minimum atomic E-state index is -0.512. The minimum absolute atomic E-state index is 0.0381. The maximum atomic E-state index is 10.7. The fraction of sp³-hybridized carbons (Fsp3) is 0.375. The second kappa shape index (κ2) is 6.33. The summed E-state index contributed by atoms with van der Waals surface area (Å²) in [4.78, 5) is 1.06. The van der Waals surface area contributed by atoms with Crippen LogP contribution in [-0.2, 0) is 6.42 Å². The van der Waals surface area contributed by atoms with Crippen molar-refractivity contribution < 1.29 is 5.11 Å². The van der Waals surface area contributed by atoms with Gasteiger partial charge in [-0.1, -0.05) is 36.8 Å². The van der Waals surface area contributed by atoms with Crippen LogP contribution in [0.2, 0.25) is 0 Å². The van der Waals surface area contributed by atoms with Crippen LogP contribution >= 0.6 is 11.3 Å². The Morgan fingerprint density at radius 3 is 2.74 bits per heavy atom. The Kier molecular flexibility index (Phi) is 4.75. The predicted octanol–water partition coefficient (Wildman–Crippen LogP) is 3.39. The van der Waals surface area contributed by atoms with Crippen molar-refractivity contribution in [2.45, 2.75) is 32.3 Å². The molecule has 2 rings (SSSR count). The molecule has 0 radical (unpaired) electrons. The van der Waals surface area contributed by atoms with Gasteiger partial charge in [0.2, 0.25) is 0 Å². The smallest absolute Gasteiger partial charge is 0.0965 e. The van der Waals surface area contributed by atoms with E-state index in [-0.39, 0.29) is 5.92 Å². The normalized spacial score (nSPS) is 14.3. The van der Waals surface area contributed by atoms with Crippen LogP contribution in [0.5, 0.6) is 0 Å². The molecule has 1 aromatic carbocycles. The molecule has 0 bridgehead atoms. The number of rotatable bonds is 5. The van der Waals surface area contributed by atoms with E-state index < -0.39 is 6.10 Å². The van der Waals surface area contributed by atoms with Crippen LogP contribution in [0.25, 0.3) is 0 Å². The second-order valence-corrected chi connectivity index (χ2v) is 5.81. The standard InChI is InChI=1S/C16H21NOS/c1-3-12-7-8-19-16(12)15(18)14(10-17)13-6-4-5-11(2)9-13/h4-9,14-15,18H,3,10,17H2,1-2H3. The molecular weight excluding hydrogens is 254 g/mol. The maximum Gasteiger partial charge on any atom is 0.0965 e. The topological polar surface area (TPSA) is 46.2 Å². The SMILES string of the molecule is CCc1ccsc1C(O)C(CN)c1cccc(C)c1. The lowest BCUT2D eigenvalue weighted by atomic mass is 9.90. The van der Waals surface area contributed by atoms with Crippen molar-refractivity contribution in [1.82, 2.24) is 0 Å². The molecule has 0 saturated carbocycles. The molecule has 3 heteroatoms. The van der Waals surface area contributed by atoms with E-state index in [1.165, 1.54) is 11.1 Å². The van der Waals surface area contributed by atoms with Gasteiger partial charge in [0.15, 0.2) is 0 Å². The van der Waals surface area contributed by atoms with Crippen LogP contribution in [0.1, 0.15) is 40.5 Å². The lowest BCUT2D eigenvalue weighted by molar-refractivity contribution is 0.150. The van der Waals surface area contributed by atoms with E-state index in [9.17, 15) is 5.11 Å². The highest BCUT2D eigenvalue weighted by Crippen LogP contribution is 2.35. The molecule has 1 heterocycles. The number of aliphatic hydroxyl groups excluding tert-OH is 1. The van der Waals surface area contributed by atoms with Gasteiger partial charge in [0.25, 0.3) is 0 Å². The van der Waals surface area contributed by atoms with Crippen LogP contribution in [0.3, 0.4) is 0 Å². The molecule has 2 atom stereocenters. The summed E-state index contributed by atoms with van der Waals surface area (Å²) in [6, 6.07) is 10.3. The first kappa shape index (κ1) is 14.3. The summed E-state index contributed by atoms with van der Waals surface area (Å²) in [5.74, 6) is -0.0381. The van der Waals surface area contributed by atoms with E-state index >= 15 is 0 Å². The molecule has 0 aliphatic rings. The van der Waals surface area contributed by atoms with Crippen molar-refractivity contribution in [3.05, 3.63) is 57.3 Å². The summed E-state index contributed by atoms with van der Waals surface area (Å²) in [6.45, 7) is 4.63. The van der Waals surface area contributed by atoms with Gasteiger partial charge in [0.05, 0.1) is 6.10 Å². The number of hydrogen-bond acceptors (Lipinski definition) is 3. The number of hydrogen-bond donors (Lipinski definition) is 2. The average Bonchev–Trinajstić information content (AvgIpc) is 2.87. The molecule has 0 fully saturated rings. The van der Waals surface area contributed by atoms with Crippen molar-refractivity contribution >= 4 is 11.3 Å². The zero-order valence-corrected chi connectivity index (χ0v) is 12.3. The van der Waals surface area contributed by atoms with Crippen LogP contribution < -0.4 is 5.73 Å². The van der Waals surface area contributed by atoms with E-state index in [1.807, 2.05) is 17.5 Å². The minimum Gasteiger partial charge on any atom is -0.387 e. The van der Waals surface area contributed by atoms with Gasteiger partial charge in [-0.15, -0.1) is 11.3 Å². The predicted molar refractivity (Wildman–Crippen MR) is 81.6 cm³/mol. The first-order valence-corrected chi connectivity index (χ1v) is 7.56. The fourth-order valence-corrected chi connectivity index (χ4v) is 3.48. The summed E-state index contributed by atoms with van der Waals surface area (Å²) in [6.07, 6.45) is 0.433. The summed E-state index contributed by atoms with van der Waals surface area (Å²) in [5, 5.41) is 12.7. The van der Waals surface area contributed by atoms with Crippen LogP contribution in [0, 0.1) is 6.92 Å². The summed E-state index contributed by atoms with van der Waals surface area (Å²) in [5.41, 5.74) is 9.44. The Morgan fingerprint density at radius 1 is 1.32 bits per heavy atom. The Bertz CT molecular complexity index is 535. The average molecular weight is 275 g/mol. The molecule has 0 saturated heterocycles. The van der Waals surface area contributed by atoms with E-state index in [4.69, 9.17) is 5.73 Å². The van der Waals surface area contributed by atoms with Crippen LogP contribution in [0.15, 0.2) is 35.7 Å². The number of benzene rings is 1. The molecule has 3 N–H and O–H groups in total. The van der Waals surface area contributed by atoms with E-state index in [0.717, 1.165) is 16.9 Å². The number of nitrogens with two attached hydrogens (primary N) is 1. The Balaban J connectivity index is 2.32. The van der Waals surface area contributed by atoms with Crippen molar-refractivity contribution in [3.8, 4) is 0 Å². The van der Waals surface area contributed by atoms with Crippen molar-refractivity contribution in [1.29, 1.82) is 0 Å². The maximum absolute atomic E-state index is 10.7. The van der Waals surface area contributed by atoms with Gasteiger partial charge in [-0.3, -0.25) is 0 Å². The van der Waals surface area contributed by atoms with Crippen molar-refractivity contribution in [3.63, 3.8) is 0 Å². The van der Waals surface area contributed by atoms with Gasteiger partial charge in [-0.2, -0.15) is 0 Å². The van der Waals surface area contributed by atoms with Gasteiger partial charge in [-0.25, -0.2) is 0 Å². The molecule has 2 aromatic rings. The van der Waals surface area contributed by atoms with Crippen molar-refractivity contribution in [2.24, 2.45) is 5.73 Å². The third kappa shape index (κ3) is 3.06. The number of aryl methyl sites for hydroxylation is 2. The third-order valence-corrected chi connectivity index (χ3v) is 4.57. The Hall–Kier alpha value is -1.16. The first-order chi connectivity index (χ1) is 9.17. The van der Waals surface area contributed by atoms with E-state index in [2.05, 4.69) is 32.0 Å². The van der Waals surface area contributed by atoms with Crippen molar-refractivity contribution in [2.75, 3.05) is 6.54 Å². The van der Waals surface area contributed by atoms with Gasteiger partial charge in [0.1, 0.15) is 0 Å². The van der Waals surface area contributed by atoms with Crippen LogP contribution in [-0.4, -0.2) is 11.7 Å². The molecule has 0 aliphatic heterocycles. The highest BCUT2D eigenvalue weighted by Gasteiger charge is 2.24. The van der Waals surface area contributed by atoms with E-state index in [1.54, 1.807) is 11.3 Å². The monoisotopic (exact) mass is 275 g/mol. The zero-order chi connectivity index (χ0) is 13.8. The molecule has 0 aliphatic carbocycles. The fourth-order valence-electron chi connectivity index (χ4n) is 2.43. The zero-order valence-electron chi connectivity index (χ0n) is 11.5. The van der Waals surface area contributed by atoms with Gasteiger partial charge in [-0.05, 0) is 35.9 Å². The molecule has 2 unspecified atom stereocenters. The summed E-state index contributed by atoms with van der Waals surface area (Å²) >= 11 is 1.62. The van der Waals surface area contributed by atoms with Gasteiger partial charge in [0, 0.05) is 17.3 Å². The Labute approximate surface area is 118 Å². The highest BCUT2D eigenvalue weighted by atomic mass is 32.1. The van der Waals surface area contributed by atoms with Crippen LogP contribution in [0.4, 0.5) is 0 Å². The van der Waals surface area contributed by atoms with E-state index in [0.29, 0.717) is 6.54 Å².